The number of thioether (sulfide) groups is 1. The summed E-state index contributed by atoms with van der Waals surface area (Å²) < 4.78 is 0. The molecule has 1 aliphatic heterocycles. The maximum absolute atomic E-state index is 4.57. The van der Waals surface area contributed by atoms with Gasteiger partial charge in [0.1, 0.15) is 0 Å². The van der Waals surface area contributed by atoms with Crippen LogP contribution >= 0.6 is 11.8 Å². The summed E-state index contributed by atoms with van der Waals surface area (Å²) in [7, 11) is 0. The van der Waals surface area contributed by atoms with Crippen molar-refractivity contribution in [2.24, 2.45) is 10.4 Å². The van der Waals surface area contributed by atoms with Gasteiger partial charge in [-0.25, -0.2) is 0 Å². The second-order valence-corrected chi connectivity index (χ2v) is 6.81. The maximum atomic E-state index is 4.57. The van der Waals surface area contributed by atoms with Crippen LogP contribution in [0.2, 0.25) is 0 Å². The van der Waals surface area contributed by atoms with E-state index in [9.17, 15) is 0 Å². The van der Waals surface area contributed by atoms with Crippen molar-refractivity contribution in [2.75, 3.05) is 13.1 Å². The molecule has 1 fully saturated rings. The Morgan fingerprint density at radius 3 is 2.75 bits per heavy atom. The van der Waals surface area contributed by atoms with Gasteiger partial charge in [-0.3, -0.25) is 4.99 Å². The molecule has 2 nitrogen and oxygen atoms in total. The highest BCUT2D eigenvalue weighted by atomic mass is 32.2. The van der Waals surface area contributed by atoms with Gasteiger partial charge in [-0.1, -0.05) is 44.9 Å². The lowest BCUT2D eigenvalue weighted by atomic mass is 9.76. The maximum Gasteiger partial charge on any atom is 0.156 e. The Kier molecular flexibility index (Phi) is 4.17. The van der Waals surface area contributed by atoms with E-state index in [0.717, 1.165) is 18.3 Å². The van der Waals surface area contributed by atoms with Crippen molar-refractivity contribution in [1.29, 1.82) is 0 Å². The molecule has 0 bridgehead atoms. The first-order valence-electron chi connectivity index (χ1n) is 6.67. The molecule has 1 atom stereocenters. The Balaban J connectivity index is 1.75. The number of hydrogen-bond donors (Lipinski definition) is 1. The SMILES string of the molecule is CCC1CN=C(NCC2(C)CCCCC2)S1. The van der Waals surface area contributed by atoms with Gasteiger partial charge < -0.3 is 5.32 Å². The third-order valence-corrected chi connectivity index (χ3v) is 5.21. The van der Waals surface area contributed by atoms with Crippen LogP contribution in [0.15, 0.2) is 4.99 Å². The zero-order chi connectivity index (χ0) is 11.4. The van der Waals surface area contributed by atoms with Gasteiger partial charge in [0.15, 0.2) is 5.17 Å². The van der Waals surface area contributed by atoms with Crippen molar-refractivity contribution in [3.8, 4) is 0 Å². The van der Waals surface area contributed by atoms with Crippen LogP contribution in [0.25, 0.3) is 0 Å². The molecule has 0 saturated heterocycles. The van der Waals surface area contributed by atoms with Crippen molar-refractivity contribution in [2.45, 2.75) is 57.6 Å². The lowest BCUT2D eigenvalue weighted by Gasteiger charge is -2.33. The fraction of sp³-hybridized carbons (Fsp3) is 0.923. The van der Waals surface area contributed by atoms with Crippen LogP contribution in [-0.4, -0.2) is 23.5 Å². The second kappa shape index (κ2) is 5.44. The van der Waals surface area contributed by atoms with E-state index < -0.39 is 0 Å². The van der Waals surface area contributed by atoms with Crippen LogP contribution in [0.1, 0.15) is 52.4 Å². The fourth-order valence-corrected chi connectivity index (χ4v) is 3.53. The summed E-state index contributed by atoms with van der Waals surface area (Å²) in [5.74, 6) is 0. The van der Waals surface area contributed by atoms with Gasteiger partial charge in [-0.2, -0.15) is 0 Å². The smallest absolute Gasteiger partial charge is 0.156 e. The van der Waals surface area contributed by atoms with Gasteiger partial charge in [-0.05, 0) is 24.7 Å². The monoisotopic (exact) mass is 240 g/mol. The summed E-state index contributed by atoms with van der Waals surface area (Å²) in [5.41, 5.74) is 0.519. The molecule has 1 unspecified atom stereocenters. The number of hydrogen-bond acceptors (Lipinski definition) is 3. The first kappa shape index (κ1) is 12.3. The summed E-state index contributed by atoms with van der Waals surface area (Å²) >= 11 is 1.94. The molecule has 92 valence electrons. The molecule has 1 saturated carbocycles. The molecule has 1 aliphatic carbocycles. The summed E-state index contributed by atoms with van der Waals surface area (Å²) in [6.07, 6.45) is 8.26. The minimum absolute atomic E-state index is 0.519. The molecule has 1 heterocycles. The molecule has 0 radical (unpaired) electrons. The molecule has 0 spiro atoms. The van der Waals surface area contributed by atoms with Gasteiger partial charge >= 0.3 is 0 Å². The van der Waals surface area contributed by atoms with Gasteiger partial charge in [0, 0.05) is 11.8 Å². The number of rotatable bonds is 3. The van der Waals surface area contributed by atoms with E-state index in [1.807, 2.05) is 11.8 Å². The van der Waals surface area contributed by atoms with E-state index in [2.05, 4.69) is 24.2 Å². The molecule has 2 aliphatic rings. The van der Waals surface area contributed by atoms with E-state index in [-0.39, 0.29) is 0 Å². The molecule has 3 heteroatoms. The number of nitrogens with one attached hydrogen (secondary N) is 1. The minimum Gasteiger partial charge on any atom is -0.364 e. The molecule has 0 amide bonds. The van der Waals surface area contributed by atoms with E-state index >= 15 is 0 Å². The molecular formula is C13H24N2S. The molecule has 0 aromatic rings. The predicted molar refractivity (Wildman–Crippen MR) is 73.2 cm³/mol. The number of amidine groups is 1. The van der Waals surface area contributed by atoms with Gasteiger partial charge in [0.2, 0.25) is 0 Å². The van der Waals surface area contributed by atoms with E-state index in [1.165, 1.54) is 43.7 Å². The average Bonchev–Trinajstić information content (AvgIpc) is 2.75. The molecule has 2 rings (SSSR count). The summed E-state index contributed by atoms with van der Waals surface area (Å²) in [4.78, 5) is 4.57. The number of aliphatic imine (C=N–C) groups is 1. The van der Waals surface area contributed by atoms with E-state index in [4.69, 9.17) is 0 Å². The molecular weight excluding hydrogens is 216 g/mol. The van der Waals surface area contributed by atoms with Gasteiger partial charge in [0.05, 0.1) is 6.54 Å². The predicted octanol–water partition coefficient (Wildman–Crippen LogP) is 3.43. The van der Waals surface area contributed by atoms with Crippen LogP contribution < -0.4 is 5.32 Å². The average molecular weight is 240 g/mol. The summed E-state index contributed by atoms with van der Waals surface area (Å²) in [5, 5.41) is 5.49. The van der Waals surface area contributed by atoms with Crippen LogP contribution in [-0.2, 0) is 0 Å². The highest BCUT2D eigenvalue weighted by molar-refractivity contribution is 8.14. The number of nitrogens with zero attached hydrogens (tertiary/aromatic N) is 1. The second-order valence-electron chi connectivity index (χ2n) is 5.52. The van der Waals surface area contributed by atoms with Crippen molar-refractivity contribution >= 4 is 16.9 Å². The van der Waals surface area contributed by atoms with Crippen molar-refractivity contribution < 1.29 is 0 Å². The normalized spacial score (nSPS) is 28.9. The zero-order valence-electron chi connectivity index (χ0n) is 10.6. The lowest BCUT2D eigenvalue weighted by Crippen LogP contribution is -2.35. The summed E-state index contributed by atoms with van der Waals surface area (Å²) in [6.45, 7) is 6.81. The minimum atomic E-state index is 0.519. The van der Waals surface area contributed by atoms with Gasteiger partial charge in [0.25, 0.3) is 0 Å². The fourth-order valence-electron chi connectivity index (χ4n) is 2.60. The Labute approximate surface area is 104 Å². The highest BCUT2D eigenvalue weighted by Crippen LogP contribution is 2.35. The molecule has 1 N–H and O–H groups in total. The highest BCUT2D eigenvalue weighted by Gasteiger charge is 2.27. The Morgan fingerprint density at radius 1 is 1.38 bits per heavy atom. The van der Waals surface area contributed by atoms with Crippen molar-refractivity contribution in [3.63, 3.8) is 0 Å². The van der Waals surface area contributed by atoms with E-state index in [0.29, 0.717) is 5.41 Å². The first-order valence-corrected chi connectivity index (χ1v) is 7.55. The standard InChI is InChI=1S/C13H24N2S/c1-3-11-9-14-12(16-11)15-10-13(2)7-5-4-6-8-13/h11H,3-10H2,1-2H3,(H,14,15). The summed E-state index contributed by atoms with van der Waals surface area (Å²) in [6, 6.07) is 0. The van der Waals surface area contributed by atoms with Crippen molar-refractivity contribution in [3.05, 3.63) is 0 Å². The van der Waals surface area contributed by atoms with Crippen LogP contribution in [0.4, 0.5) is 0 Å². The third kappa shape index (κ3) is 3.16. The Morgan fingerprint density at radius 2 is 2.12 bits per heavy atom. The molecule has 16 heavy (non-hydrogen) atoms. The molecule has 0 aromatic carbocycles. The van der Waals surface area contributed by atoms with E-state index in [1.54, 1.807) is 0 Å². The molecule has 0 aromatic heterocycles. The lowest BCUT2D eigenvalue weighted by molar-refractivity contribution is 0.218. The first-order chi connectivity index (χ1) is 7.72. The Hall–Kier alpha value is -0.180. The zero-order valence-corrected chi connectivity index (χ0v) is 11.4. The third-order valence-electron chi connectivity index (χ3n) is 3.90. The Bertz CT molecular complexity index is 257. The van der Waals surface area contributed by atoms with Crippen molar-refractivity contribution in [1.82, 2.24) is 5.32 Å². The van der Waals surface area contributed by atoms with Crippen LogP contribution in [0.3, 0.4) is 0 Å². The van der Waals surface area contributed by atoms with Crippen LogP contribution in [0.5, 0.6) is 0 Å². The quantitative estimate of drug-likeness (QED) is 0.817. The van der Waals surface area contributed by atoms with Gasteiger partial charge in [-0.15, -0.1) is 0 Å². The van der Waals surface area contributed by atoms with Crippen LogP contribution in [0, 0.1) is 5.41 Å². The largest absolute Gasteiger partial charge is 0.364 e. The topological polar surface area (TPSA) is 24.4 Å².